The normalized spacial score (nSPS) is 13.9. The van der Waals surface area contributed by atoms with Crippen LogP contribution >= 0.6 is 7.82 Å². The van der Waals surface area contributed by atoms with Crippen LogP contribution in [0.15, 0.2) is 12.2 Å². The predicted octanol–water partition coefficient (Wildman–Crippen LogP) is 6.95. The second-order valence-electron chi connectivity index (χ2n) is 9.72. The Hall–Kier alpha value is -0.720. The Morgan fingerprint density at radius 1 is 0.800 bits per heavy atom. The lowest BCUT2D eigenvalue weighted by molar-refractivity contribution is -0.123. The Labute approximate surface area is 214 Å². The van der Waals surface area contributed by atoms with Crippen LogP contribution in [0.3, 0.4) is 0 Å². The smallest absolute Gasteiger partial charge is 0.387 e. The van der Waals surface area contributed by atoms with E-state index in [1.807, 2.05) is 6.08 Å². The van der Waals surface area contributed by atoms with E-state index in [9.17, 15) is 14.5 Å². The van der Waals surface area contributed by atoms with Crippen LogP contribution in [-0.2, 0) is 13.9 Å². The van der Waals surface area contributed by atoms with Gasteiger partial charge in [0.05, 0.1) is 18.8 Å². The van der Waals surface area contributed by atoms with Crippen LogP contribution in [-0.4, -0.2) is 39.6 Å². The summed E-state index contributed by atoms with van der Waals surface area (Å²) in [5.41, 5.74) is 0. The molecule has 0 rings (SSSR count). The van der Waals surface area contributed by atoms with Gasteiger partial charge in [-0.3, -0.25) is 9.32 Å². The number of carbonyl (C=O) groups excluding carboxylic acids is 1. The van der Waals surface area contributed by atoms with Crippen LogP contribution in [0, 0.1) is 0 Å². The summed E-state index contributed by atoms with van der Waals surface area (Å²) >= 11 is 0. The maximum absolute atomic E-state index is 12.3. The van der Waals surface area contributed by atoms with E-state index in [2.05, 4.69) is 23.7 Å². The lowest BCUT2D eigenvalue weighted by Gasteiger charge is -2.22. The van der Waals surface area contributed by atoms with E-state index in [1.165, 1.54) is 77.0 Å². The lowest BCUT2D eigenvalue weighted by atomic mass is 10.1. The molecule has 0 fully saturated rings. The van der Waals surface area contributed by atoms with E-state index in [0.29, 0.717) is 6.42 Å². The maximum atomic E-state index is 12.3. The van der Waals surface area contributed by atoms with Crippen molar-refractivity contribution in [1.29, 1.82) is 0 Å². The molecule has 35 heavy (non-hydrogen) atoms. The monoisotopic (exact) mass is 519 g/mol. The van der Waals surface area contributed by atoms with Gasteiger partial charge in [-0.1, -0.05) is 122 Å². The highest BCUT2D eigenvalue weighted by atomic mass is 31.2. The number of amides is 1. The fraction of sp³-hybridized carbons (Fsp3) is 0.889. The number of nitrogens with one attached hydrogen (secondary N) is 1. The Bertz CT molecular complexity index is 566. The first kappa shape index (κ1) is 34.3. The molecule has 0 saturated carbocycles. The standard InChI is InChI=1S/C27H54NO6P/c1-3-5-7-9-11-13-15-17-19-21-23-27(30)28-25(24-34-35(31,32)33)26(29)22-20-18-16-14-12-10-8-6-4-2/h20,22,25-26,29H,3-19,21,23-24H2,1-2H3,(H,28,30)(H2,31,32,33)/b22-20+/t25-,26+/m0/s1. The number of carbonyl (C=O) groups is 1. The average Bonchev–Trinajstić information content (AvgIpc) is 2.81. The van der Waals surface area contributed by atoms with Gasteiger partial charge in [0.1, 0.15) is 0 Å². The van der Waals surface area contributed by atoms with Gasteiger partial charge < -0.3 is 20.2 Å². The van der Waals surface area contributed by atoms with Gasteiger partial charge in [0.15, 0.2) is 0 Å². The molecular formula is C27H54NO6P. The summed E-state index contributed by atoms with van der Waals surface area (Å²) in [5, 5.41) is 13.2. The minimum absolute atomic E-state index is 0.233. The topological polar surface area (TPSA) is 116 Å². The van der Waals surface area contributed by atoms with Gasteiger partial charge in [-0.15, -0.1) is 0 Å². The van der Waals surface area contributed by atoms with Crippen molar-refractivity contribution in [2.45, 2.75) is 148 Å². The molecule has 0 heterocycles. The van der Waals surface area contributed by atoms with E-state index in [4.69, 9.17) is 9.79 Å². The van der Waals surface area contributed by atoms with E-state index in [0.717, 1.165) is 38.5 Å². The largest absolute Gasteiger partial charge is 0.469 e. The molecule has 0 aliphatic carbocycles. The average molecular weight is 520 g/mol. The highest BCUT2D eigenvalue weighted by Gasteiger charge is 2.24. The molecule has 1 amide bonds. The third-order valence-corrected chi connectivity index (χ3v) is 6.73. The van der Waals surface area contributed by atoms with E-state index in [1.54, 1.807) is 6.08 Å². The van der Waals surface area contributed by atoms with Gasteiger partial charge in [0.2, 0.25) is 5.91 Å². The number of hydrogen-bond donors (Lipinski definition) is 4. The van der Waals surface area contributed by atoms with E-state index in [-0.39, 0.29) is 5.91 Å². The fourth-order valence-electron chi connectivity index (χ4n) is 4.04. The number of hydrogen-bond acceptors (Lipinski definition) is 4. The summed E-state index contributed by atoms with van der Waals surface area (Å²) in [5.74, 6) is -0.233. The molecule has 8 heteroatoms. The molecule has 0 unspecified atom stereocenters. The predicted molar refractivity (Wildman–Crippen MR) is 144 cm³/mol. The molecule has 0 bridgehead atoms. The third-order valence-electron chi connectivity index (χ3n) is 6.25. The maximum Gasteiger partial charge on any atom is 0.469 e. The highest BCUT2D eigenvalue weighted by Crippen LogP contribution is 2.35. The van der Waals surface area contributed by atoms with Gasteiger partial charge in [-0.2, -0.15) is 0 Å². The number of aliphatic hydroxyl groups is 1. The van der Waals surface area contributed by atoms with Gasteiger partial charge >= 0.3 is 7.82 Å². The fourth-order valence-corrected chi connectivity index (χ4v) is 4.40. The first-order chi connectivity index (χ1) is 16.8. The van der Waals surface area contributed by atoms with Crippen LogP contribution < -0.4 is 5.32 Å². The molecule has 0 aromatic rings. The third kappa shape index (κ3) is 24.7. The quantitative estimate of drug-likeness (QED) is 0.0589. The van der Waals surface area contributed by atoms with Crippen LogP contribution in [0.5, 0.6) is 0 Å². The van der Waals surface area contributed by atoms with Crippen molar-refractivity contribution in [3.05, 3.63) is 12.2 Å². The number of allylic oxidation sites excluding steroid dienone is 1. The molecular weight excluding hydrogens is 465 g/mol. The highest BCUT2D eigenvalue weighted by molar-refractivity contribution is 7.46. The zero-order chi connectivity index (χ0) is 26.2. The van der Waals surface area contributed by atoms with Crippen molar-refractivity contribution < 1.29 is 28.8 Å². The number of rotatable bonds is 25. The summed E-state index contributed by atoms with van der Waals surface area (Å²) in [6.45, 7) is 3.98. The van der Waals surface area contributed by atoms with Gasteiger partial charge in [-0.25, -0.2) is 4.57 Å². The van der Waals surface area contributed by atoms with Crippen molar-refractivity contribution in [2.75, 3.05) is 6.61 Å². The Morgan fingerprint density at radius 3 is 1.74 bits per heavy atom. The Kier molecular flexibility index (Phi) is 23.2. The number of unbranched alkanes of at least 4 members (excludes halogenated alkanes) is 16. The number of aliphatic hydroxyl groups excluding tert-OH is 1. The lowest BCUT2D eigenvalue weighted by Crippen LogP contribution is -2.45. The van der Waals surface area contributed by atoms with E-state index < -0.39 is 26.6 Å². The van der Waals surface area contributed by atoms with Crippen molar-refractivity contribution in [2.24, 2.45) is 0 Å². The summed E-state index contributed by atoms with van der Waals surface area (Å²) < 4.78 is 15.7. The minimum atomic E-state index is -4.69. The van der Waals surface area contributed by atoms with Crippen LogP contribution in [0.2, 0.25) is 0 Å². The molecule has 0 aromatic heterocycles. The van der Waals surface area contributed by atoms with Crippen molar-refractivity contribution in [3.8, 4) is 0 Å². The van der Waals surface area contributed by atoms with Crippen LogP contribution in [0.1, 0.15) is 136 Å². The zero-order valence-electron chi connectivity index (χ0n) is 22.5. The zero-order valence-corrected chi connectivity index (χ0v) is 23.4. The molecule has 0 spiro atoms. The second-order valence-corrected chi connectivity index (χ2v) is 11.0. The van der Waals surface area contributed by atoms with Gasteiger partial charge in [0.25, 0.3) is 0 Å². The molecule has 208 valence electrons. The molecule has 0 aliphatic rings. The minimum Gasteiger partial charge on any atom is -0.387 e. The Morgan fingerprint density at radius 2 is 1.26 bits per heavy atom. The molecule has 0 saturated heterocycles. The van der Waals surface area contributed by atoms with Crippen molar-refractivity contribution in [1.82, 2.24) is 5.32 Å². The first-order valence-corrected chi connectivity index (χ1v) is 15.7. The summed E-state index contributed by atoms with van der Waals surface area (Å²) in [4.78, 5) is 30.4. The van der Waals surface area contributed by atoms with E-state index >= 15 is 0 Å². The molecule has 7 nitrogen and oxygen atoms in total. The number of phosphoric ester groups is 1. The molecule has 0 aliphatic heterocycles. The van der Waals surface area contributed by atoms with Gasteiger partial charge in [0, 0.05) is 6.42 Å². The van der Waals surface area contributed by atoms with Crippen molar-refractivity contribution >= 4 is 13.7 Å². The molecule has 0 aromatic carbocycles. The first-order valence-electron chi connectivity index (χ1n) is 14.1. The Balaban J connectivity index is 4.22. The summed E-state index contributed by atoms with van der Waals surface area (Å²) in [6, 6.07) is -0.900. The SMILES string of the molecule is CCCCCCCCC/C=C/[C@@H](O)[C@H](COP(=O)(O)O)NC(=O)CCCCCCCCCCCC. The summed E-state index contributed by atoms with van der Waals surface area (Å²) in [7, 11) is -4.69. The molecule has 4 N–H and O–H groups in total. The van der Waals surface area contributed by atoms with Gasteiger partial charge in [-0.05, 0) is 19.3 Å². The molecule has 2 atom stereocenters. The van der Waals surface area contributed by atoms with Crippen molar-refractivity contribution in [3.63, 3.8) is 0 Å². The van der Waals surface area contributed by atoms with Crippen LogP contribution in [0.25, 0.3) is 0 Å². The van der Waals surface area contributed by atoms with Crippen LogP contribution in [0.4, 0.5) is 0 Å². The molecule has 0 radical (unpaired) electrons. The second kappa shape index (κ2) is 23.7. The summed E-state index contributed by atoms with van der Waals surface area (Å²) in [6.07, 6.45) is 23.8. The number of phosphoric acid groups is 1.